The Morgan fingerprint density at radius 3 is 2.52 bits per heavy atom. The van der Waals surface area contributed by atoms with Crippen molar-refractivity contribution in [3.05, 3.63) is 77.6 Å². The number of hydrogen-bond donors (Lipinski definition) is 2. The Hall–Kier alpha value is -3.47. The molecule has 0 saturated carbocycles. The predicted molar refractivity (Wildman–Crippen MR) is 97.0 cm³/mol. The monoisotopic (exact) mass is 329 g/mol. The van der Waals surface area contributed by atoms with E-state index in [1.54, 1.807) is 12.4 Å². The van der Waals surface area contributed by atoms with Gasteiger partial charge in [0.1, 0.15) is 5.70 Å². The molecule has 0 radical (unpaired) electrons. The van der Waals surface area contributed by atoms with Crippen LogP contribution in [0.2, 0.25) is 0 Å². The summed E-state index contributed by atoms with van der Waals surface area (Å²) in [6, 6.07) is 17.5. The topological polar surface area (TPSA) is 74.3 Å². The van der Waals surface area contributed by atoms with Gasteiger partial charge in [0, 0.05) is 35.3 Å². The molecule has 0 bridgehead atoms. The van der Waals surface area contributed by atoms with Gasteiger partial charge in [0.25, 0.3) is 11.8 Å². The number of carbonyl (C=O) groups excluding carboxylic acids is 2. The molecular formula is C20H15N3O2. The summed E-state index contributed by atoms with van der Waals surface area (Å²) in [5, 5.41) is 3.23. The molecule has 2 N–H and O–H groups in total. The molecule has 122 valence electrons. The van der Waals surface area contributed by atoms with Crippen LogP contribution in [0.3, 0.4) is 0 Å². The maximum atomic E-state index is 12.3. The number of hydrogen-bond acceptors (Lipinski definition) is 3. The average Bonchev–Trinajstić information content (AvgIpc) is 3.16. The molecule has 0 spiro atoms. The third kappa shape index (κ3) is 2.76. The normalized spacial score (nSPS) is 14.7. The summed E-state index contributed by atoms with van der Waals surface area (Å²) in [5.74, 6) is -0.879. The largest absolute Gasteiger partial charge is 0.361 e. The smallest absolute Gasteiger partial charge is 0.277 e. The number of nitrogens with zero attached hydrogens (tertiary/aromatic N) is 1. The summed E-state index contributed by atoms with van der Waals surface area (Å²) in [4.78, 5) is 31.9. The first-order chi connectivity index (χ1) is 12.2. The number of amides is 2. The van der Waals surface area contributed by atoms with Gasteiger partial charge in [0.2, 0.25) is 0 Å². The summed E-state index contributed by atoms with van der Waals surface area (Å²) in [6.45, 7) is 0. The zero-order valence-electron chi connectivity index (χ0n) is 13.3. The Kier molecular flexibility index (Phi) is 3.74. The van der Waals surface area contributed by atoms with Gasteiger partial charge in [0.15, 0.2) is 0 Å². The van der Waals surface area contributed by atoms with Crippen molar-refractivity contribution in [2.24, 2.45) is 4.99 Å². The second kappa shape index (κ2) is 6.20. The maximum Gasteiger partial charge on any atom is 0.277 e. The van der Waals surface area contributed by atoms with E-state index in [9.17, 15) is 9.59 Å². The van der Waals surface area contributed by atoms with Crippen molar-refractivity contribution >= 4 is 34.5 Å². The van der Waals surface area contributed by atoms with Crippen molar-refractivity contribution < 1.29 is 9.59 Å². The first-order valence-electron chi connectivity index (χ1n) is 7.97. The maximum absolute atomic E-state index is 12.3. The van der Waals surface area contributed by atoms with Gasteiger partial charge in [-0.1, -0.05) is 48.5 Å². The Morgan fingerprint density at radius 2 is 1.68 bits per heavy atom. The van der Waals surface area contributed by atoms with E-state index in [-0.39, 0.29) is 5.70 Å². The van der Waals surface area contributed by atoms with Crippen LogP contribution in [0, 0.1) is 0 Å². The fourth-order valence-corrected chi connectivity index (χ4v) is 2.95. The van der Waals surface area contributed by atoms with Crippen LogP contribution in [0.25, 0.3) is 16.5 Å². The lowest BCUT2D eigenvalue weighted by molar-refractivity contribution is -0.123. The molecule has 3 aromatic rings. The minimum atomic E-state index is -0.463. The molecular weight excluding hydrogens is 314 g/mol. The van der Waals surface area contributed by atoms with Crippen molar-refractivity contribution in [2.75, 3.05) is 0 Å². The molecule has 0 unspecified atom stereocenters. The van der Waals surface area contributed by atoms with Gasteiger partial charge >= 0.3 is 0 Å². The fraction of sp³-hybridized carbons (Fsp3) is 0.0500. The van der Waals surface area contributed by atoms with Gasteiger partial charge in [0.05, 0.1) is 5.57 Å². The highest BCUT2D eigenvalue weighted by molar-refractivity contribution is 6.37. The summed E-state index contributed by atoms with van der Waals surface area (Å²) < 4.78 is 0. The van der Waals surface area contributed by atoms with Crippen molar-refractivity contribution in [2.45, 2.75) is 6.42 Å². The fourth-order valence-electron chi connectivity index (χ4n) is 2.95. The molecule has 2 heterocycles. The molecule has 1 aliphatic heterocycles. The van der Waals surface area contributed by atoms with Gasteiger partial charge in [-0.15, -0.1) is 0 Å². The standard InChI is InChI=1S/C20H15N3O2/c24-19-17(15-12-22-16-9-5-4-8-14(15)16)18(20(25)23-19)21-11-10-13-6-2-1-3-7-13/h1-9,11-12,22H,10H2,(H,23,24,25). The average molecular weight is 329 g/mol. The Morgan fingerprint density at radius 1 is 0.920 bits per heavy atom. The third-order valence-corrected chi connectivity index (χ3v) is 4.15. The van der Waals surface area contributed by atoms with E-state index < -0.39 is 11.8 Å². The summed E-state index contributed by atoms with van der Waals surface area (Å²) in [6.07, 6.45) is 4.00. The molecule has 1 aliphatic rings. The molecule has 2 amide bonds. The lowest BCUT2D eigenvalue weighted by atomic mass is 10.0. The van der Waals surface area contributed by atoms with Crippen molar-refractivity contribution in [3.63, 3.8) is 0 Å². The molecule has 0 aliphatic carbocycles. The zero-order valence-corrected chi connectivity index (χ0v) is 13.3. The Balaban J connectivity index is 1.74. The third-order valence-electron chi connectivity index (χ3n) is 4.15. The lowest BCUT2D eigenvalue weighted by Crippen LogP contribution is -2.22. The van der Waals surface area contributed by atoms with Crippen LogP contribution in [-0.4, -0.2) is 23.0 Å². The number of carbonyl (C=O) groups is 2. The van der Waals surface area contributed by atoms with Crippen LogP contribution in [0.1, 0.15) is 11.1 Å². The minimum absolute atomic E-state index is 0.158. The molecule has 1 aromatic heterocycles. The summed E-state index contributed by atoms with van der Waals surface area (Å²) in [7, 11) is 0. The zero-order chi connectivity index (χ0) is 17.2. The highest BCUT2D eigenvalue weighted by Gasteiger charge is 2.32. The molecule has 0 fully saturated rings. The van der Waals surface area contributed by atoms with E-state index in [2.05, 4.69) is 15.3 Å². The number of nitrogens with one attached hydrogen (secondary N) is 2. The number of aromatic amines is 1. The van der Waals surface area contributed by atoms with Crippen LogP contribution in [-0.2, 0) is 16.0 Å². The highest BCUT2D eigenvalue weighted by Crippen LogP contribution is 2.30. The van der Waals surface area contributed by atoms with Crippen LogP contribution in [0.4, 0.5) is 0 Å². The number of aliphatic imine (C=N–C) groups is 1. The number of H-pyrrole nitrogens is 1. The molecule has 2 aromatic carbocycles. The van der Waals surface area contributed by atoms with Crippen LogP contribution < -0.4 is 5.32 Å². The second-order valence-corrected chi connectivity index (χ2v) is 5.76. The van der Waals surface area contributed by atoms with Crippen LogP contribution >= 0.6 is 0 Å². The van der Waals surface area contributed by atoms with Gasteiger partial charge in [-0.25, -0.2) is 0 Å². The van der Waals surface area contributed by atoms with E-state index in [1.807, 2.05) is 54.6 Å². The number of aromatic nitrogens is 1. The Bertz CT molecular complexity index is 1030. The molecule has 5 heteroatoms. The number of fused-ring (bicyclic) bond motifs is 1. The number of rotatable bonds is 4. The highest BCUT2D eigenvalue weighted by atomic mass is 16.2. The molecule has 4 rings (SSSR count). The second-order valence-electron chi connectivity index (χ2n) is 5.76. The number of para-hydroxylation sites is 1. The van der Waals surface area contributed by atoms with E-state index in [0.717, 1.165) is 16.5 Å². The van der Waals surface area contributed by atoms with E-state index in [0.29, 0.717) is 17.6 Å². The van der Waals surface area contributed by atoms with Crippen LogP contribution in [0.5, 0.6) is 0 Å². The molecule has 5 nitrogen and oxygen atoms in total. The van der Waals surface area contributed by atoms with Gasteiger partial charge < -0.3 is 4.98 Å². The molecule has 0 saturated heterocycles. The van der Waals surface area contributed by atoms with Gasteiger partial charge in [-0.2, -0.15) is 0 Å². The number of benzene rings is 2. The Labute approximate surface area is 144 Å². The first-order valence-corrected chi connectivity index (χ1v) is 7.97. The quantitative estimate of drug-likeness (QED) is 0.570. The first kappa shape index (κ1) is 15.1. The minimum Gasteiger partial charge on any atom is -0.361 e. The van der Waals surface area contributed by atoms with Crippen molar-refractivity contribution in [1.29, 1.82) is 0 Å². The van der Waals surface area contributed by atoms with Gasteiger partial charge in [-0.3, -0.25) is 19.9 Å². The van der Waals surface area contributed by atoms with Gasteiger partial charge in [-0.05, 0) is 11.6 Å². The SMILES string of the molecule is O=C1NC(=O)C(c2c[nH]c3ccccc23)=C1N=CCc1ccccc1. The van der Waals surface area contributed by atoms with Crippen molar-refractivity contribution in [3.8, 4) is 0 Å². The lowest BCUT2D eigenvalue weighted by Gasteiger charge is -1.99. The molecule has 25 heavy (non-hydrogen) atoms. The van der Waals surface area contributed by atoms with E-state index in [4.69, 9.17) is 0 Å². The van der Waals surface area contributed by atoms with E-state index in [1.165, 1.54) is 0 Å². The predicted octanol–water partition coefficient (Wildman–Crippen LogP) is 2.85. The van der Waals surface area contributed by atoms with Crippen LogP contribution in [0.15, 0.2) is 71.5 Å². The molecule has 0 atom stereocenters. The summed E-state index contributed by atoms with van der Waals surface area (Å²) in [5.41, 5.74) is 3.15. The number of imide groups is 1. The van der Waals surface area contributed by atoms with Crippen molar-refractivity contribution in [1.82, 2.24) is 10.3 Å². The van der Waals surface area contributed by atoms with E-state index >= 15 is 0 Å². The summed E-state index contributed by atoms with van der Waals surface area (Å²) >= 11 is 0.